The van der Waals surface area contributed by atoms with Crippen LogP contribution >= 0.6 is 0 Å². The van der Waals surface area contributed by atoms with Crippen molar-refractivity contribution in [2.45, 2.75) is 18.9 Å². The Morgan fingerprint density at radius 1 is 1.14 bits per heavy atom. The standard InChI is InChI=1S/C26H20F3N5O3/c1-2-15-18-12(9-17(27)20(15)28)8-13(30)10-16(18)22-21(29)23-19-24(33-26(35)32-23)34-5-3-6-36-7-4-14(34)11-37-25(19)31-22/h1,8-10,14H,3-7,11,30H2,(H,32,33,35)/t14-/m0/s1. The molecule has 11 heteroatoms. The normalized spacial score (nSPS) is 17.5. The number of hydrogen-bond donors (Lipinski definition) is 2. The molecule has 1 atom stereocenters. The van der Waals surface area contributed by atoms with Gasteiger partial charge in [-0.05, 0) is 36.4 Å². The van der Waals surface area contributed by atoms with E-state index in [9.17, 15) is 13.6 Å². The average Bonchev–Trinajstić information content (AvgIpc) is 2.98. The van der Waals surface area contributed by atoms with Crippen LogP contribution < -0.4 is 21.1 Å². The van der Waals surface area contributed by atoms with E-state index in [0.717, 1.165) is 6.07 Å². The molecule has 2 aromatic carbocycles. The Hall–Kier alpha value is -4.30. The van der Waals surface area contributed by atoms with Gasteiger partial charge in [-0.3, -0.25) is 0 Å². The number of anilines is 2. The van der Waals surface area contributed by atoms with Crippen molar-refractivity contribution in [1.82, 2.24) is 15.0 Å². The Bertz CT molecular complexity index is 1700. The van der Waals surface area contributed by atoms with E-state index in [1.165, 1.54) is 12.1 Å². The van der Waals surface area contributed by atoms with Gasteiger partial charge in [0, 0.05) is 36.4 Å². The zero-order valence-electron chi connectivity index (χ0n) is 19.4. The molecule has 2 aromatic heterocycles. The van der Waals surface area contributed by atoms with Crippen molar-refractivity contribution in [3.05, 3.63) is 51.7 Å². The number of nitrogens with one attached hydrogen (secondary N) is 1. The average molecular weight is 507 g/mol. The third-order valence-corrected chi connectivity index (χ3v) is 6.73. The number of rotatable bonds is 1. The first-order chi connectivity index (χ1) is 17.9. The molecule has 188 valence electrons. The zero-order valence-corrected chi connectivity index (χ0v) is 19.4. The number of hydrogen-bond acceptors (Lipinski definition) is 7. The molecule has 1 saturated heterocycles. The van der Waals surface area contributed by atoms with Crippen LogP contribution in [0.5, 0.6) is 5.88 Å². The van der Waals surface area contributed by atoms with E-state index < -0.39 is 28.7 Å². The molecule has 2 aliphatic rings. The van der Waals surface area contributed by atoms with Gasteiger partial charge in [-0.15, -0.1) is 6.42 Å². The minimum atomic E-state index is -1.25. The highest BCUT2D eigenvalue weighted by atomic mass is 19.2. The lowest BCUT2D eigenvalue weighted by Gasteiger charge is -2.32. The van der Waals surface area contributed by atoms with Gasteiger partial charge in [0.15, 0.2) is 17.5 Å². The first kappa shape index (κ1) is 23.1. The number of aromatic nitrogens is 3. The van der Waals surface area contributed by atoms with Crippen molar-refractivity contribution in [2.24, 2.45) is 0 Å². The van der Waals surface area contributed by atoms with E-state index in [-0.39, 0.29) is 63.0 Å². The lowest BCUT2D eigenvalue weighted by molar-refractivity contribution is 0.108. The van der Waals surface area contributed by atoms with Crippen LogP contribution in [0.2, 0.25) is 0 Å². The number of terminal acetylenes is 1. The van der Waals surface area contributed by atoms with E-state index in [4.69, 9.17) is 21.6 Å². The largest absolute Gasteiger partial charge is 0.475 e. The fourth-order valence-electron chi connectivity index (χ4n) is 5.10. The van der Waals surface area contributed by atoms with Crippen LogP contribution in [0, 0.1) is 29.8 Å². The second kappa shape index (κ2) is 8.67. The maximum atomic E-state index is 16.2. The molecule has 1 fully saturated rings. The fourth-order valence-corrected chi connectivity index (χ4v) is 5.10. The molecule has 0 aliphatic carbocycles. The SMILES string of the molecule is C#Cc1c(F)c(F)cc2cc(N)cc(-c3nc4c5c(nc(=O)[nH]c5c3F)N3CCCOCC[C@H]3CO4)c12. The van der Waals surface area contributed by atoms with Crippen molar-refractivity contribution in [3.63, 3.8) is 0 Å². The quantitative estimate of drug-likeness (QED) is 0.300. The molecule has 8 nitrogen and oxygen atoms in total. The van der Waals surface area contributed by atoms with Crippen molar-refractivity contribution in [3.8, 4) is 29.5 Å². The van der Waals surface area contributed by atoms with Crippen LogP contribution in [-0.2, 0) is 4.74 Å². The van der Waals surface area contributed by atoms with Crippen LogP contribution in [0.15, 0.2) is 23.0 Å². The van der Waals surface area contributed by atoms with Crippen molar-refractivity contribution < 1.29 is 22.6 Å². The van der Waals surface area contributed by atoms with Gasteiger partial charge in [0.2, 0.25) is 5.88 Å². The van der Waals surface area contributed by atoms with Crippen LogP contribution in [-0.4, -0.2) is 47.4 Å². The summed E-state index contributed by atoms with van der Waals surface area (Å²) in [4.78, 5) is 25.6. The molecular formula is C26H20F3N5O3. The summed E-state index contributed by atoms with van der Waals surface area (Å²) in [6.07, 6.45) is 6.81. The molecule has 0 radical (unpaired) electrons. The minimum absolute atomic E-state index is 0.0317. The Balaban J connectivity index is 1.68. The number of halogens is 3. The van der Waals surface area contributed by atoms with E-state index in [1.54, 1.807) is 0 Å². The van der Waals surface area contributed by atoms with Crippen LogP contribution in [0.4, 0.5) is 24.7 Å². The third kappa shape index (κ3) is 3.64. The summed E-state index contributed by atoms with van der Waals surface area (Å²) in [5.41, 5.74) is 4.61. The van der Waals surface area contributed by atoms with Gasteiger partial charge < -0.3 is 25.1 Å². The number of nitrogens with two attached hydrogens (primary N) is 1. The second-order valence-electron chi connectivity index (χ2n) is 8.97. The summed E-state index contributed by atoms with van der Waals surface area (Å²) in [5, 5.41) is 0.442. The number of pyridine rings is 1. The number of fused-ring (bicyclic) bond motifs is 3. The molecular weight excluding hydrogens is 487 g/mol. The highest BCUT2D eigenvalue weighted by Gasteiger charge is 2.32. The maximum Gasteiger partial charge on any atom is 0.347 e. The van der Waals surface area contributed by atoms with E-state index in [1.807, 2.05) is 4.90 Å². The molecule has 0 spiro atoms. The van der Waals surface area contributed by atoms with Crippen LogP contribution in [0.1, 0.15) is 18.4 Å². The van der Waals surface area contributed by atoms with Gasteiger partial charge in [-0.2, -0.15) is 4.98 Å². The summed E-state index contributed by atoms with van der Waals surface area (Å²) >= 11 is 0. The van der Waals surface area contributed by atoms with E-state index in [0.29, 0.717) is 32.6 Å². The Kier molecular flexibility index (Phi) is 5.42. The van der Waals surface area contributed by atoms with Crippen LogP contribution in [0.3, 0.4) is 0 Å². The lowest BCUT2D eigenvalue weighted by atomic mass is 9.95. The summed E-state index contributed by atoms with van der Waals surface area (Å²) in [7, 11) is 0. The highest BCUT2D eigenvalue weighted by molar-refractivity contribution is 6.04. The molecule has 0 bridgehead atoms. The van der Waals surface area contributed by atoms with Gasteiger partial charge in [0.05, 0.1) is 17.1 Å². The lowest BCUT2D eigenvalue weighted by Crippen LogP contribution is -2.43. The molecule has 0 saturated carbocycles. The van der Waals surface area contributed by atoms with Gasteiger partial charge in [0.25, 0.3) is 0 Å². The minimum Gasteiger partial charge on any atom is -0.475 e. The van der Waals surface area contributed by atoms with E-state index in [2.05, 4.69) is 20.9 Å². The maximum absolute atomic E-state index is 16.2. The Morgan fingerprint density at radius 2 is 1.97 bits per heavy atom. The first-order valence-corrected chi connectivity index (χ1v) is 11.7. The fraction of sp³-hybridized carbons (Fsp3) is 0.269. The Morgan fingerprint density at radius 3 is 2.78 bits per heavy atom. The molecule has 6 rings (SSSR count). The third-order valence-electron chi connectivity index (χ3n) is 6.73. The van der Waals surface area contributed by atoms with Crippen molar-refractivity contribution in [2.75, 3.05) is 37.0 Å². The molecule has 2 aliphatic heterocycles. The second-order valence-corrected chi connectivity index (χ2v) is 8.97. The molecule has 37 heavy (non-hydrogen) atoms. The topological polar surface area (TPSA) is 106 Å². The van der Waals surface area contributed by atoms with Gasteiger partial charge in [-0.25, -0.2) is 22.9 Å². The molecule has 0 amide bonds. The number of aromatic amines is 1. The molecule has 4 aromatic rings. The van der Waals surface area contributed by atoms with E-state index >= 15 is 4.39 Å². The summed E-state index contributed by atoms with van der Waals surface area (Å²) in [5.74, 6) is -0.849. The predicted octanol–water partition coefficient (Wildman–Crippen LogP) is 3.50. The number of ether oxygens (including phenoxy) is 2. The monoisotopic (exact) mass is 507 g/mol. The number of nitrogen functional groups attached to an aromatic ring is 1. The van der Waals surface area contributed by atoms with Gasteiger partial charge >= 0.3 is 5.69 Å². The van der Waals surface area contributed by atoms with Crippen molar-refractivity contribution in [1.29, 1.82) is 0 Å². The predicted molar refractivity (Wildman–Crippen MR) is 132 cm³/mol. The zero-order chi connectivity index (χ0) is 25.8. The first-order valence-electron chi connectivity index (χ1n) is 11.7. The number of H-pyrrole nitrogens is 1. The molecule has 0 unspecified atom stereocenters. The summed E-state index contributed by atoms with van der Waals surface area (Å²) in [6, 6.07) is 3.53. The summed E-state index contributed by atoms with van der Waals surface area (Å²) < 4.78 is 56.8. The number of benzene rings is 2. The summed E-state index contributed by atoms with van der Waals surface area (Å²) in [6.45, 7) is 1.76. The van der Waals surface area contributed by atoms with Crippen molar-refractivity contribution >= 4 is 33.2 Å². The van der Waals surface area contributed by atoms with Gasteiger partial charge in [0.1, 0.15) is 23.5 Å². The van der Waals surface area contributed by atoms with Crippen LogP contribution in [0.25, 0.3) is 32.9 Å². The number of nitrogens with zero attached hydrogens (tertiary/aromatic N) is 3. The van der Waals surface area contributed by atoms with Gasteiger partial charge in [-0.1, -0.05) is 5.92 Å². The highest BCUT2D eigenvalue weighted by Crippen LogP contribution is 2.42. The Labute approximate surface area is 208 Å². The molecule has 4 heterocycles. The smallest absolute Gasteiger partial charge is 0.347 e. The molecule has 3 N–H and O–H groups in total.